The molecule has 0 aromatic heterocycles. The van der Waals surface area contributed by atoms with E-state index in [4.69, 9.17) is 4.74 Å². The molecule has 0 radical (unpaired) electrons. The Hall–Kier alpha value is -1.84. The first kappa shape index (κ1) is 14.1. The number of rotatable bonds is 5. The molecule has 2 aliphatic carbocycles. The lowest BCUT2D eigenvalue weighted by Crippen LogP contribution is -2.15. The fraction of sp³-hybridized carbons (Fsp3) is 0.529. The van der Waals surface area contributed by atoms with Crippen LogP contribution in [-0.2, 0) is 9.53 Å². The van der Waals surface area contributed by atoms with Crippen LogP contribution < -0.4 is 5.32 Å². The minimum absolute atomic E-state index is 0.0415. The Bertz CT molecular complexity index is 569. The zero-order chi connectivity index (χ0) is 15.0. The van der Waals surface area contributed by atoms with Gasteiger partial charge in [-0.05, 0) is 48.8 Å². The standard InChI is InChI=1S/C17H21NO3/c1-10-6-13(10)9-21-17(20)12-4-3-5-14(8-12)18-16(19)15-7-11(15)2/h3-5,8,10-11,13,15H,6-7,9H2,1-2H3,(H,18,19). The van der Waals surface area contributed by atoms with Crippen LogP contribution in [0, 0.1) is 23.7 Å². The zero-order valence-electron chi connectivity index (χ0n) is 12.5. The second-order valence-electron chi connectivity index (χ2n) is 6.46. The average molecular weight is 287 g/mol. The molecule has 4 nitrogen and oxygen atoms in total. The van der Waals surface area contributed by atoms with Crippen LogP contribution in [-0.4, -0.2) is 18.5 Å². The van der Waals surface area contributed by atoms with Gasteiger partial charge in [-0.1, -0.05) is 19.9 Å². The Labute approximate surface area is 124 Å². The van der Waals surface area contributed by atoms with Gasteiger partial charge in [-0.2, -0.15) is 0 Å². The molecule has 2 aliphatic rings. The molecule has 2 fully saturated rings. The number of carbonyl (C=O) groups excluding carboxylic acids is 2. The number of benzene rings is 1. The van der Waals surface area contributed by atoms with Crippen LogP contribution in [0.25, 0.3) is 0 Å². The van der Waals surface area contributed by atoms with Gasteiger partial charge in [0.1, 0.15) is 0 Å². The van der Waals surface area contributed by atoms with E-state index in [1.54, 1.807) is 24.3 Å². The highest BCUT2D eigenvalue weighted by molar-refractivity contribution is 5.96. The summed E-state index contributed by atoms with van der Waals surface area (Å²) in [5.74, 6) is 1.51. The van der Waals surface area contributed by atoms with Crippen molar-refractivity contribution in [2.24, 2.45) is 23.7 Å². The van der Waals surface area contributed by atoms with E-state index in [2.05, 4.69) is 19.2 Å². The maximum Gasteiger partial charge on any atom is 0.338 e. The largest absolute Gasteiger partial charge is 0.462 e. The third-order valence-electron chi connectivity index (χ3n) is 4.52. The van der Waals surface area contributed by atoms with Gasteiger partial charge >= 0.3 is 5.97 Å². The Morgan fingerprint density at radius 3 is 2.57 bits per heavy atom. The first-order valence-electron chi connectivity index (χ1n) is 7.62. The molecular weight excluding hydrogens is 266 g/mol. The molecule has 0 bridgehead atoms. The van der Waals surface area contributed by atoms with E-state index in [9.17, 15) is 9.59 Å². The van der Waals surface area contributed by atoms with Crippen LogP contribution in [0.2, 0.25) is 0 Å². The summed E-state index contributed by atoms with van der Waals surface area (Å²) in [6.07, 6.45) is 2.09. The molecule has 0 aliphatic heterocycles. The Kier molecular flexibility index (Phi) is 3.70. The van der Waals surface area contributed by atoms with Crippen LogP contribution in [0.1, 0.15) is 37.0 Å². The van der Waals surface area contributed by atoms with Gasteiger partial charge in [0.2, 0.25) is 5.91 Å². The average Bonchev–Trinajstić information content (AvgIpc) is 3.35. The molecule has 21 heavy (non-hydrogen) atoms. The van der Waals surface area contributed by atoms with E-state index in [1.807, 2.05) is 0 Å². The summed E-state index contributed by atoms with van der Waals surface area (Å²) < 4.78 is 5.31. The van der Waals surface area contributed by atoms with E-state index < -0.39 is 0 Å². The number of nitrogens with one attached hydrogen (secondary N) is 1. The van der Waals surface area contributed by atoms with Crippen LogP contribution in [0.5, 0.6) is 0 Å². The number of amides is 1. The summed E-state index contributed by atoms with van der Waals surface area (Å²) in [5, 5.41) is 2.87. The molecule has 1 aromatic rings. The molecule has 0 heterocycles. The van der Waals surface area contributed by atoms with Crippen molar-refractivity contribution < 1.29 is 14.3 Å². The lowest BCUT2D eigenvalue weighted by molar-refractivity contribution is -0.117. The SMILES string of the molecule is CC1CC1COC(=O)c1cccc(NC(=O)C2CC2C)c1. The summed E-state index contributed by atoms with van der Waals surface area (Å²) in [6, 6.07) is 6.96. The number of carbonyl (C=O) groups is 2. The van der Waals surface area contributed by atoms with Crippen molar-refractivity contribution in [3.63, 3.8) is 0 Å². The first-order valence-corrected chi connectivity index (χ1v) is 7.62. The highest BCUT2D eigenvalue weighted by Crippen LogP contribution is 2.39. The van der Waals surface area contributed by atoms with Crippen molar-refractivity contribution in [2.75, 3.05) is 11.9 Å². The summed E-state index contributed by atoms with van der Waals surface area (Å²) in [6.45, 7) is 4.72. The normalized spacial score (nSPS) is 29.6. The van der Waals surface area contributed by atoms with Gasteiger partial charge < -0.3 is 10.1 Å². The van der Waals surface area contributed by atoms with Crippen molar-refractivity contribution in [3.8, 4) is 0 Å². The number of esters is 1. The molecule has 4 unspecified atom stereocenters. The predicted octanol–water partition coefficient (Wildman–Crippen LogP) is 3.09. The third kappa shape index (κ3) is 3.43. The fourth-order valence-corrected chi connectivity index (χ4v) is 2.54. The number of anilines is 1. The minimum Gasteiger partial charge on any atom is -0.462 e. The van der Waals surface area contributed by atoms with Crippen LogP contribution in [0.4, 0.5) is 5.69 Å². The molecule has 0 spiro atoms. The zero-order valence-corrected chi connectivity index (χ0v) is 12.5. The Morgan fingerprint density at radius 1 is 1.24 bits per heavy atom. The van der Waals surface area contributed by atoms with Gasteiger partial charge in [0.25, 0.3) is 0 Å². The van der Waals surface area contributed by atoms with Crippen molar-refractivity contribution in [2.45, 2.75) is 26.7 Å². The molecule has 3 rings (SSSR count). The molecule has 1 amide bonds. The van der Waals surface area contributed by atoms with Crippen LogP contribution in [0.15, 0.2) is 24.3 Å². The topological polar surface area (TPSA) is 55.4 Å². The summed E-state index contributed by atoms with van der Waals surface area (Å²) in [4.78, 5) is 23.9. The molecule has 1 N–H and O–H groups in total. The summed E-state index contributed by atoms with van der Waals surface area (Å²) in [7, 11) is 0. The van der Waals surface area contributed by atoms with E-state index in [0.717, 1.165) is 12.8 Å². The van der Waals surface area contributed by atoms with Gasteiger partial charge in [-0.15, -0.1) is 0 Å². The molecule has 4 atom stereocenters. The molecule has 4 heteroatoms. The number of ether oxygens (including phenoxy) is 1. The van der Waals surface area contributed by atoms with Gasteiger partial charge in [0.05, 0.1) is 12.2 Å². The molecule has 1 aromatic carbocycles. The highest BCUT2D eigenvalue weighted by atomic mass is 16.5. The monoisotopic (exact) mass is 287 g/mol. The second-order valence-corrected chi connectivity index (χ2v) is 6.46. The van der Waals surface area contributed by atoms with E-state index in [0.29, 0.717) is 35.6 Å². The lowest BCUT2D eigenvalue weighted by atomic mass is 10.2. The minimum atomic E-state index is -0.315. The predicted molar refractivity (Wildman–Crippen MR) is 79.9 cm³/mol. The second kappa shape index (κ2) is 5.51. The highest BCUT2D eigenvalue weighted by Gasteiger charge is 2.39. The quantitative estimate of drug-likeness (QED) is 0.847. The maximum absolute atomic E-state index is 12.0. The fourth-order valence-electron chi connectivity index (χ4n) is 2.54. The van der Waals surface area contributed by atoms with Gasteiger partial charge in [-0.25, -0.2) is 4.79 Å². The molecule has 112 valence electrons. The van der Waals surface area contributed by atoms with Crippen molar-refractivity contribution >= 4 is 17.6 Å². The van der Waals surface area contributed by atoms with Gasteiger partial charge in [0.15, 0.2) is 0 Å². The lowest BCUT2D eigenvalue weighted by Gasteiger charge is -2.07. The van der Waals surface area contributed by atoms with Crippen molar-refractivity contribution in [3.05, 3.63) is 29.8 Å². The van der Waals surface area contributed by atoms with Crippen LogP contribution >= 0.6 is 0 Å². The van der Waals surface area contributed by atoms with Gasteiger partial charge in [-0.3, -0.25) is 4.79 Å². The maximum atomic E-state index is 12.0. The third-order valence-corrected chi connectivity index (χ3v) is 4.52. The number of hydrogen-bond acceptors (Lipinski definition) is 3. The smallest absolute Gasteiger partial charge is 0.338 e. The first-order chi connectivity index (χ1) is 10.0. The van der Waals surface area contributed by atoms with Crippen LogP contribution in [0.3, 0.4) is 0 Å². The van der Waals surface area contributed by atoms with Gasteiger partial charge in [0, 0.05) is 11.6 Å². The van der Waals surface area contributed by atoms with E-state index in [1.165, 1.54) is 0 Å². The Balaban J connectivity index is 1.57. The summed E-state index contributed by atoms with van der Waals surface area (Å²) in [5.41, 5.74) is 1.15. The Morgan fingerprint density at radius 2 is 1.95 bits per heavy atom. The number of hydrogen-bond donors (Lipinski definition) is 1. The molecule has 2 saturated carbocycles. The van der Waals surface area contributed by atoms with E-state index >= 15 is 0 Å². The van der Waals surface area contributed by atoms with Crippen molar-refractivity contribution in [1.29, 1.82) is 0 Å². The summed E-state index contributed by atoms with van der Waals surface area (Å²) >= 11 is 0. The van der Waals surface area contributed by atoms with E-state index in [-0.39, 0.29) is 17.8 Å². The molecular formula is C17H21NO3. The van der Waals surface area contributed by atoms with Crippen molar-refractivity contribution in [1.82, 2.24) is 0 Å². The molecule has 0 saturated heterocycles.